The maximum atomic E-state index is 9.25. The molecule has 3 rings (SSSR count). The normalized spacial score (nSPS) is 18.5. The minimum absolute atomic E-state index is 0.468. The molecule has 1 aliphatic rings. The minimum Gasteiger partial charge on any atom is -0.369 e. The van der Waals surface area contributed by atoms with Crippen molar-refractivity contribution in [2.24, 2.45) is 0 Å². The lowest BCUT2D eigenvalue weighted by Crippen LogP contribution is -2.34. The number of nitrogens with zero attached hydrogens (tertiary/aromatic N) is 4. The van der Waals surface area contributed by atoms with E-state index in [1.165, 1.54) is 17.1 Å². The molecule has 2 aromatic heterocycles. The molecule has 5 heteroatoms. The second kappa shape index (κ2) is 6.23. The first-order valence-electron chi connectivity index (χ1n) is 7.35. The zero-order valence-corrected chi connectivity index (χ0v) is 12.9. The lowest BCUT2D eigenvalue weighted by Gasteiger charge is -2.33. The van der Waals surface area contributed by atoms with Crippen molar-refractivity contribution in [2.75, 3.05) is 18.0 Å². The van der Waals surface area contributed by atoms with Gasteiger partial charge in [-0.25, -0.2) is 4.98 Å². The Hall–Kier alpha value is -1.93. The maximum Gasteiger partial charge on any atom is 0.101 e. The first-order valence-corrected chi connectivity index (χ1v) is 8.23. The number of aromatic nitrogens is 2. The smallest absolute Gasteiger partial charge is 0.101 e. The lowest BCUT2D eigenvalue weighted by atomic mass is 9.98. The van der Waals surface area contributed by atoms with E-state index in [0.717, 1.165) is 31.6 Å². The van der Waals surface area contributed by atoms with E-state index in [1.54, 1.807) is 29.8 Å². The standard InChI is InChI=1S/C16H18N4S/c1-2-14-11-21-16(19-14)13-4-3-7-20(10-13)15-9-18-6-5-12(15)8-17/h5-6,9,11,13H,2-4,7,10H2,1H3/t13-/m0/s1. The summed E-state index contributed by atoms with van der Waals surface area (Å²) in [4.78, 5) is 11.2. The Morgan fingerprint density at radius 2 is 2.43 bits per heavy atom. The molecule has 3 heterocycles. The van der Waals surface area contributed by atoms with Crippen LogP contribution >= 0.6 is 11.3 Å². The fraction of sp³-hybridized carbons (Fsp3) is 0.438. The van der Waals surface area contributed by atoms with Gasteiger partial charge in [-0.3, -0.25) is 4.98 Å². The van der Waals surface area contributed by atoms with Gasteiger partial charge >= 0.3 is 0 Å². The van der Waals surface area contributed by atoms with Crippen LogP contribution in [0.5, 0.6) is 0 Å². The molecule has 21 heavy (non-hydrogen) atoms. The Morgan fingerprint density at radius 1 is 1.52 bits per heavy atom. The summed E-state index contributed by atoms with van der Waals surface area (Å²) < 4.78 is 0. The van der Waals surface area contributed by atoms with E-state index < -0.39 is 0 Å². The average molecular weight is 298 g/mol. The largest absolute Gasteiger partial charge is 0.369 e. The highest BCUT2D eigenvalue weighted by Crippen LogP contribution is 2.32. The van der Waals surface area contributed by atoms with Crippen LogP contribution in [0.2, 0.25) is 0 Å². The Morgan fingerprint density at radius 3 is 3.19 bits per heavy atom. The molecule has 1 saturated heterocycles. The number of rotatable bonds is 3. The van der Waals surface area contributed by atoms with E-state index in [0.29, 0.717) is 11.5 Å². The summed E-state index contributed by atoms with van der Waals surface area (Å²) >= 11 is 1.77. The molecule has 0 radical (unpaired) electrons. The number of thiazole rings is 1. The molecule has 1 aliphatic heterocycles. The van der Waals surface area contributed by atoms with Crippen molar-refractivity contribution in [2.45, 2.75) is 32.1 Å². The number of aryl methyl sites for hydroxylation is 1. The number of hydrogen-bond acceptors (Lipinski definition) is 5. The van der Waals surface area contributed by atoms with Crippen molar-refractivity contribution < 1.29 is 0 Å². The zero-order chi connectivity index (χ0) is 14.7. The van der Waals surface area contributed by atoms with Gasteiger partial charge in [-0.15, -0.1) is 11.3 Å². The highest BCUT2D eigenvalue weighted by Gasteiger charge is 2.25. The quantitative estimate of drug-likeness (QED) is 0.872. The molecular weight excluding hydrogens is 280 g/mol. The van der Waals surface area contributed by atoms with Crippen molar-refractivity contribution in [1.29, 1.82) is 5.26 Å². The Labute approximate surface area is 129 Å². The van der Waals surface area contributed by atoms with Crippen LogP contribution in [0.4, 0.5) is 5.69 Å². The molecule has 108 valence electrons. The summed E-state index contributed by atoms with van der Waals surface area (Å²) in [5.74, 6) is 0.468. The van der Waals surface area contributed by atoms with Gasteiger partial charge in [0.1, 0.15) is 6.07 Å². The maximum absolute atomic E-state index is 9.25. The number of pyridine rings is 1. The fourth-order valence-corrected chi connectivity index (χ4v) is 3.83. The number of piperidine rings is 1. The van der Waals surface area contributed by atoms with E-state index in [-0.39, 0.29) is 0 Å². The molecule has 0 saturated carbocycles. The van der Waals surface area contributed by atoms with Crippen LogP contribution in [0.15, 0.2) is 23.8 Å². The van der Waals surface area contributed by atoms with Crippen LogP contribution < -0.4 is 4.90 Å². The van der Waals surface area contributed by atoms with Gasteiger partial charge in [0, 0.05) is 30.6 Å². The van der Waals surface area contributed by atoms with E-state index in [4.69, 9.17) is 4.98 Å². The highest BCUT2D eigenvalue weighted by atomic mass is 32.1. The Bertz CT molecular complexity index is 658. The summed E-state index contributed by atoms with van der Waals surface area (Å²) in [6.45, 7) is 4.06. The molecule has 0 aliphatic carbocycles. The summed E-state index contributed by atoms with van der Waals surface area (Å²) in [6, 6.07) is 4.06. The van der Waals surface area contributed by atoms with E-state index in [9.17, 15) is 5.26 Å². The molecule has 4 nitrogen and oxygen atoms in total. The van der Waals surface area contributed by atoms with Crippen LogP contribution in [0.1, 0.15) is 41.9 Å². The number of hydrogen-bond donors (Lipinski definition) is 0. The second-order valence-electron chi connectivity index (χ2n) is 5.32. The summed E-state index contributed by atoms with van der Waals surface area (Å²) in [6.07, 6.45) is 6.78. The van der Waals surface area contributed by atoms with Crippen LogP contribution in [0.3, 0.4) is 0 Å². The predicted molar refractivity (Wildman–Crippen MR) is 84.6 cm³/mol. The van der Waals surface area contributed by atoms with Crippen molar-refractivity contribution in [3.63, 3.8) is 0 Å². The summed E-state index contributed by atoms with van der Waals surface area (Å²) in [7, 11) is 0. The van der Waals surface area contributed by atoms with Gasteiger partial charge in [0.15, 0.2) is 0 Å². The Balaban J connectivity index is 1.81. The third-order valence-corrected chi connectivity index (χ3v) is 5.02. The zero-order valence-electron chi connectivity index (χ0n) is 12.1. The summed E-state index contributed by atoms with van der Waals surface area (Å²) in [5, 5.41) is 12.7. The number of nitriles is 1. The monoisotopic (exact) mass is 298 g/mol. The van der Waals surface area contributed by atoms with Crippen molar-refractivity contribution in [3.8, 4) is 6.07 Å². The van der Waals surface area contributed by atoms with Crippen molar-refractivity contribution in [1.82, 2.24) is 9.97 Å². The van der Waals surface area contributed by atoms with Crippen LogP contribution in [0, 0.1) is 11.3 Å². The lowest BCUT2D eigenvalue weighted by molar-refractivity contribution is 0.507. The first kappa shape index (κ1) is 14.0. The van der Waals surface area contributed by atoms with Gasteiger partial charge in [0.2, 0.25) is 0 Å². The third-order valence-electron chi connectivity index (χ3n) is 3.96. The molecule has 1 atom stereocenters. The van der Waals surface area contributed by atoms with Gasteiger partial charge in [0.05, 0.1) is 28.1 Å². The van der Waals surface area contributed by atoms with Crippen LogP contribution in [-0.2, 0) is 6.42 Å². The van der Waals surface area contributed by atoms with Gasteiger partial charge < -0.3 is 4.90 Å². The summed E-state index contributed by atoms with van der Waals surface area (Å²) in [5.41, 5.74) is 2.85. The molecule has 0 aromatic carbocycles. The molecule has 2 aromatic rings. The molecule has 0 spiro atoms. The van der Waals surface area contributed by atoms with Gasteiger partial charge in [-0.05, 0) is 25.3 Å². The topological polar surface area (TPSA) is 52.8 Å². The van der Waals surface area contributed by atoms with Crippen LogP contribution in [-0.4, -0.2) is 23.1 Å². The molecule has 0 amide bonds. The van der Waals surface area contributed by atoms with E-state index in [1.807, 2.05) is 0 Å². The molecule has 0 N–H and O–H groups in total. The molecule has 0 unspecified atom stereocenters. The average Bonchev–Trinajstić information content (AvgIpc) is 3.04. The van der Waals surface area contributed by atoms with Gasteiger partial charge in [0.25, 0.3) is 0 Å². The molecule has 1 fully saturated rings. The predicted octanol–water partition coefficient (Wildman–Crippen LogP) is 3.36. The first-order chi connectivity index (χ1) is 10.3. The van der Waals surface area contributed by atoms with Crippen molar-refractivity contribution in [3.05, 3.63) is 40.1 Å². The fourth-order valence-electron chi connectivity index (χ4n) is 2.80. The molecular formula is C16H18N4S. The third kappa shape index (κ3) is 2.91. The minimum atomic E-state index is 0.468. The van der Waals surface area contributed by atoms with E-state index in [2.05, 4.69) is 28.3 Å². The van der Waals surface area contributed by atoms with Gasteiger partial charge in [-0.1, -0.05) is 6.92 Å². The number of anilines is 1. The highest BCUT2D eigenvalue weighted by molar-refractivity contribution is 7.09. The van der Waals surface area contributed by atoms with Crippen molar-refractivity contribution >= 4 is 17.0 Å². The van der Waals surface area contributed by atoms with E-state index >= 15 is 0 Å². The molecule has 0 bridgehead atoms. The SMILES string of the molecule is CCc1csc([C@H]2CCCN(c3cnccc3C#N)C2)n1. The Kier molecular flexibility index (Phi) is 4.16. The second-order valence-corrected chi connectivity index (χ2v) is 6.21. The van der Waals surface area contributed by atoms with Gasteiger partial charge in [-0.2, -0.15) is 5.26 Å². The van der Waals surface area contributed by atoms with Crippen LogP contribution in [0.25, 0.3) is 0 Å².